The average molecular weight is 231 g/mol. The fourth-order valence-electron chi connectivity index (χ4n) is 2.26. The normalized spacial score (nSPS) is 27.6. The van der Waals surface area contributed by atoms with Crippen molar-refractivity contribution >= 4 is 11.8 Å². The summed E-state index contributed by atoms with van der Waals surface area (Å²) in [7, 11) is 0. The van der Waals surface area contributed by atoms with Crippen LogP contribution in [0.5, 0.6) is 0 Å². The molecule has 0 spiro atoms. The fourth-order valence-corrected chi connectivity index (χ4v) is 3.55. The smallest absolute Gasteiger partial charge is 0.0445 e. The lowest BCUT2D eigenvalue weighted by Gasteiger charge is -2.37. The maximum atomic E-state index is 8.95. The number of hydrogen-bond donors (Lipinski definition) is 2. The summed E-state index contributed by atoms with van der Waals surface area (Å²) < 4.78 is 0. The van der Waals surface area contributed by atoms with Crippen molar-refractivity contribution in [2.24, 2.45) is 5.41 Å². The highest BCUT2D eigenvalue weighted by molar-refractivity contribution is 7.99. The van der Waals surface area contributed by atoms with Crippen molar-refractivity contribution in [1.82, 2.24) is 5.32 Å². The first-order chi connectivity index (χ1) is 7.07. The summed E-state index contributed by atoms with van der Waals surface area (Å²) in [6, 6.07) is 1.13. The van der Waals surface area contributed by atoms with Gasteiger partial charge >= 0.3 is 0 Å². The molecule has 90 valence electrons. The predicted molar refractivity (Wildman–Crippen MR) is 68.4 cm³/mol. The SMILES string of the molecule is CCC(CCO)NC1CSCC(C)(C)C1. The molecule has 2 nitrogen and oxygen atoms in total. The van der Waals surface area contributed by atoms with Crippen LogP contribution in [0.1, 0.15) is 40.0 Å². The largest absolute Gasteiger partial charge is 0.396 e. The van der Waals surface area contributed by atoms with E-state index in [-0.39, 0.29) is 0 Å². The summed E-state index contributed by atoms with van der Waals surface area (Å²) >= 11 is 2.06. The Kier molecular flexibility index (Phi) is 5.44. The summed E-state index contributed by atoms with van der Waals surface area (Å²) in [4.78, 5) is 0. The second kappa shape index (κ2) is 6.12. The molecular formula is C12H25NOS. The second-order valence-electron chi connectivity index (χ2n) is 5.36. The maximum Gasteiger partial charge on any atom is 0.0445 e. The highest BCUT2D eigenvalue weighted by Gasteiger charge is 2.29. The molecule has 0 aromatic carbocycles. The third-order valence-corrected chi connectivity index (χ3v) is 4.68. The van der Waals surface area contributed by atoms with Gasteiger partial charge in [-0.25, -0.2) is 0 Å². The van der Waals surface area contributed by atoms with Crippen LogP contribution in [0.25, 0.3) is 0 Å². The van der Waals surface area contributed by atoms with Crippen molar-refractivity contribution in [3.05, 3.63) is 0 Å². The highest BCUT2D eigenvalue weighted by Crippen LogP contribution is 2.33. The molecule has 0 bridgehead atoms. The zero-order chi connectivity index (χ0) is 11.3. The third-order valence-electron chi connectivity index (χ3n) is 3.05. The van der Waals surface area contributed by atoms with Crippen molar-refractivity contribution < 1.29 is 5.11 Å². The van der Waals surface area contributed by atoms with Crippen LogP contribution in [0.4, 0.5) is 0 Å². The lowest BCUT2D eigenvalue weighted by atomic mass is 9.87. The Hall–Kier alpha value is 0.270. The Morgan fingerprint density at radius 2 is 2.27 bits per heavy atom. The first kappa shape index (κ1) is 13.3. The molecule has 2 atom stereocenters. The summed E-state index contributed by atoms with van der Waals surface area (Å²) in [5, 5.41) is 12.6. The average Bonchev–Trinajstić information content (AvgIpc) is 2.15. The Morgan fingerprint density at radius 3 is 2.80 bits per heavy atom. The van der Waals surface area contributed by atoms with E-state index < -0.39 is 0 Å². The lowest BCUT2D eigenvalue weighted by Crippen LogP contribution is -2.45. The lowest BCUT2D eigenvalue weighted by molar-refractivity contribution is 0.242. The molecule has 1 saturated heterocycles. The van der Waals surface area contributed by atoms with Gasteiger partial charge in [-0.15, -0.1) is 0 Å². The van der Waals surface area contributed by atoms with Crippen molar-refractivity contribution in [1.29, 1.82) is 0 Å². The summed E-state index contributed by atoms with van der Waals surface area (Å²) in [5.41, 5.74) is 0.470. The van der Waals surface area contributed by atoms with E-state index in [9.17, 15) is 0 Å². The van der Waals surface area contributed by atoms with Crippen LogP contribution in [0, 0.1) is 5.41 Å². The predicted octanol–water partition coefficient (Wildman–Crippen LogP) is 2.27. The van der Waals surface area contributed by atoms with E-state index in [1.54, 1.807) is 0 Å². The first-order valence-corrected chi connectivity index (χ1v) is 7.17. The molecule has 0 aliphatic carbocycles. The molecule has 1 aliphatic heterocycles. The molecule has 2 N–H and O–H groups in total. The van der Waals surface area contributed by atoms with Crippen molar-refractivity contribution in [2.75, 3.05) is 18.1 Å². The molecule has 1 fully saturated rings. The second-order valence-corrected chi connectivity index (χ2v) is 6.39. The minimum absolute atomic E-state index is 0.300. The molecule has 0 aromatic rings. The molecular weight excluding hydrogens is 206 g/mol. The Balaban J connectivity index is 2.36. The minimum Gasteiger partial charge on any atom is -0.396 e. The maximum absolute atomic E-state index is 8.95. The fraction of sp³-hybridized carbons (Fsp3) is 1.00. The Morgan fingerprint density at radius 1 is 1.53 bits per heavy atom. The van der Waals surface area contributed by atoms with Gasteiger partial charge < -0.3 is 10.4 Å². The van der Waals surface area contributed by atoms with Crippen LogP contribution in [-0.2, 0) is 0 Å². The zero-order valence-electron chi connectivity index (χ0n) is 10.3. The van der Waals surface area contributed by atoms with Crippen molar-refractivity contribution in [3.8, 4) is 0 Å². The van der Waals surface area contributed by atoms with Gasteiger partial charge in [0, 0.05) is 24.4 Å². The Labute approximate surface area is 98.2 Å². The molecule has 2 unspecified atom stereocenters. The summed E-state index contributed by atoms with van der Waals surface area (Å²) in [6.07, 6.45) is 3.27. The van der Waals surface area contributed by atoms with Crippen LogP contribution in [0.3, 0.4) is 0 Å². The molecule has 1 heterocycles. The summed E-state index contributed by atoms with van der Waals surface area (Å²) in [5.74, 6) is 2.51. The number of hydrogen-bond acceptors (Lipinski definition) is 3. The van der Waals surface area contributed by atoms with Gasteiger partial charge in [0.15, 0.2) is 0 Å². The monoisotopic (exact) mass is 231 g/mol. The van der Waals surface area contributed by atoms with Gasteiger partial charge in [0.05, 0.1) is 0 Å². The van der Waals surface area contributed by atoms with Gasteiger partial charge in [0.25, 0.3) is 0 Å². The molecule has 15 heavy (non-hydrogen) atoms. The van der Waals surface area contributed by atoms with E-state index in [2.05, 4.69) is 37.8 Å². The quantitative estimate of drug-likeness (QED) is 0.761. The first-order valence-electron chi connectivity index (χ1n) is 6.02. The number of thioether (sulfide) groups is 1. The van der Waals surface area contributed by atoms with Crippen LogP contribution >= 0.6 is 11.8 Å². The van der Waals surface area contributed by atoms with Crippen LogP contribution in [-0.4, -0.2) is 35.3 Å². The van der Waals surface area contributed by atoms with Crippen molar-refractivity contribution in [3.63, 3.8) is 0 Å². The van der Waals surface area contributed by atoms with E-state index >= 15 is 0 Å². The molecule has 0 amide bonds. The van der Waals surface area contributed by atoms with Gasteiger partial charge in [0.1, 0.15) is 0 Å². The van der Waals surface area contributed by atoms with E-state index in [0.29, 0.717) is 24.1 Å². The van der Waals surface area contributed by atoms with Crippen molar-refractivity contribution in [2.45, 2.75) is 52.1 Å². The third kappa shape index (κ3) is 4.75. The van der Waals surface area contributed by atoms with E-state index in [1.165, 1.54) is 17.9 Å². The van der Waals surface area contributed by atoms with Gasteiger partial charge in [-0.2, -0.15) is 11.8 Å². The highest BCUT2D eigenvalue weighted by atomic mass is 32.2. The van der Waals surface area contributed by atoms with E-state index in [0.717, 1.165) is 12.8 Å². The standard InChI is InChI=1S/C12H25NOS/c1-4-10(5-6-14)13-11-7-12(2,3)9-15-8-11/h10-11,13-14H,4-9H2,1-3H3. The molecule has 3 heteroatoms. The van der Waals surface area contributed by atoms with E-state index in [4.69, 9.17) is 5.11 Å². The van der Waals surface area contributed by atoms with Gasteiger partial charge in [0.2, 0.25) is 0 Å². The van der Waals surface area contributed by atoms with E-state index in [1.807, 2.05) is 0 Å². The Bertz CT molecular complexity index is 184. The molecule has 0 radical (unpaired) electrons. The van der Waals surface area contributed by atoms with Gasteiger partial charge in [-0.3, -0.25) is 0 Å². The summed E-state index contributed by atoms with van der Waals surface area (Å²) in [6.45, 7) is 7.19. The molecule has 0 aromatic heterocycles. The van der Waals surface area contributed by atoms with Crippen LogP contribution < -0.4 is 5.32 Å². The number of nitrogens with one attached hydrogen (secondary N) is 1. The topological polar surface area (TPSA) is 32.3 Å². The number of aliphatic hydroxyl groups excluding tert-OH is 1. The zero-order valence-corrected chi connectivity index (χ0v) is 11.1. The van der Waals surface area contributed by atoms with Crippen LogP contribution in [0.15, 0.2) is 0 Å². The number of aliphatic hydroxyl groups is 1. The molecule has 0 saturated carbocycles. The van der Waals surface area contributed by atoms with Gasteiger partial charge in [-0.05, 0) is 30.4 Å². The number of rotatable bonds is 5. The minimum atomic E-state index is 0.300. The molecule has 1 aliphatic rings. The van der Waals surface area contributed by atoms with Gasteiger partial charge in [-0.1, -0.05) is 20.8 Å². The molecule has 1 rings (SSSR count). The van der Waals surface area contributed by atoms with Crippen LogP contribution in [0.2, 0.25) is 0 Å².